The van der Waals surface area contributed by atoms with Crippen molar-refractivity contribution < 1.29 is 18.3 Å². The zero-order valence-corrected chi connectivity index (χ0v) is 20.5. The Balaban J connectivity index is 1.47. The largest absolute Gasteiger partial charge is 0.489 e. The number of aromatic nitrogens is 4. The van der Waals surface area contributed by atoms with E-state index in [1.807, 2.05) is 26.0 Å². The molecule has 2 N–H and O–H groups in total. The monoisotopic (exact) mass is 500 g/mol. The molecule has 4 aromatic rings. The van der Waals surface area contributed by atoms with Crippen molar-refractivity contribution in [2.24, 2.45) is 5.92 Å². The van der Waals surface area contributed by atoms with E-state index in [-0.39, 0.29) is 17.9 Å². The van der Waals surface area contributed by atoms with Crippen LogP contribution in [0.4, 0.5) is 20.3 Å². The van der Waals surface area contributed by atoms with Gasteiger partial charge >= 0.3 is 0 Å². The summed E-state index contributed by atoms with van der Waals surface area (Å²) >= 11 is 1.53. The molecule has 1 aliphatic carbocycles. The van der Waals surface area contributed by atoms with Crippen molar-refractivity contribution in [1.29, 1.82) is 0 Å². The van der Waals surface area contributed by atoms with Gasteiger partial charge in [0, 0.05) is 29.3 Å². The van der Waals surface area contributed by atoms with Crippen molar-refractivity contribution in [3.05, 3.63) is 35.1 Å². The van der Waals surface area contributed by atoms with Crippen molar-refractivity contribution in [3.8, 4) is 5.75 Å². The van der Waals surface area contributed by atoms with Gasteiger partial charge in [0.25, 0.3) is 6.43 Å². The molecule has 0 saturated heterocycles. The third kappa shape index (κ3) is 4.64. The van der Waals surface area contributed by atoms with Crippen LogP contribution < -0.4 is 10.1 Å². The number of hydrogen-bond acceptors (Lipinski definition) is 7. The lowest BCUT2D eigenvalue weighted by Crippen LogP contribution is -2.38. The lowest BCUT2D eigenvalue weighted by molar-refractivity contribution is -0.136. The van der Waals surface area contributed by atoms with Crippen molar-refractivity contribution in [1.82, 2.24) is 25.1 Å². The Morgan fingerprint density at radius 1 is 1.34 bits per heavy atom. The lowest BCUT2D eigenvalue weighted by atomic mass is 9.87. The van der Waals surface area contributed by atoms with Crippen molar-refractivity contribution in [3.63, 3.8) is 0 Å². The fourth-order valence-corrected chi connectivity index (χ4v) is 5.84. The minimum atomic E-state index is -2.54. The van der Waals surface area contributed by atoms with E-state index in [1.54, 1.807) is 6.20 Å². The van der Waals surface area contributed by atoms with Crippen LogP contribution in [0.2, 0.25) is 0 Å². The first-order valence-electron chi connectivity index (χ1n) is 11.5. The van der Waals surface area contributed by atoms with Gasteiger partial charge in [0.1, 0.15) is 22.7 Å². The first-order valence-corrected chi connectivity index (χ1v) is 12.3. The predicted octanol–water partition coefficient (Wildman–Crippen LogP) is 4.93. The third-order valence-electron chi connectivity index (χ3n) is 6.14. The number of nitrogens with zero attached hydrogens (tertiary/aromatic N) is 4. The number of rotatable bonds is 7. The summed E-state index contributed by atoms with van der Waals surface area (Å²) in [6.45, 7) is 3.39. The van der Waals surface area contributed by atoms with E-state index in [0.717, 1.165) is 42.1 Å². The lowest BCUT2D eigenvalue weighted by Gasteiger charge is -2.26. The fourth-order valence-electron chi connectivity index (χ4n) is 4.57. The highest BCUT2D eigenvalue weighted by Gasteiger charge is 2.31. The Hall–Kier alpha value is -3.34. The minimum Gasteiger partial charge on any atom is -0.489 e. The summed E-state index contributed by atoms with van der Waals surface area (Å²) in [6, 6.07) is 3.88. The smallest absolute Gasteiger partial charge is 0.255 e. The summed E-state index contributed by atoms with van der Waals surface area (Å²) in [7, 11) is 1.44. The van der Waals surface area contributed by atoms with Crippen LogP contribution in [0.25, 0.3) is 21.1 Å². The first kappa shape index (κ1) is 23.4. The molecule has 0 bridgehead atoms. The Kier molecular flexibility index (Phi) is 6.26. The van der Waals surface area contributed by atoms with Crippen LogP contribution in [0.1, 0.15) is 30.7 Å². The molecular weight excluding hydrogens is 474 g/mol. The normalized spacial score (nSPS) is 15.7. The zero-order valence-electron chi connectivity index (χ0n) is 19.6. The van der Waals surface area contributed by atoms with Gasteiger partial charge in [-0.25, -0.2) is 18.7 Å². The molecule has 0 radical (unpaired) electrons. The van der Waals surface area contributed by atoms with E-state index in [2.05, 4.69) is 25.5 Å². The van der Waals surface area contributed by atoms with Gasteiger partial charge in [-0.15, -0.1) is 11.3 Å². The molecular formula is C24H26F2N6O2S. The van der Waals surface area contributed by atoms with E-state index >= 15 is 0 Å². The van der Waals surface area contributed by atoms with E-state index < -0.39 is 13.0 Å². The molecule has 35 heavy (non-hydrogen) atoms. The molecule has 3 heterocycles. The summed E-state index contributed by atoms with van der Waals surface area (Å²) in [6.07, 6.45) is 2.49. The number of halogens is 2. The first-order chi connectivity index (χ1) is 16.8. The standard InChI is InChI=1S/C24H26F2N6O2S/c1-12(2)34-18-8-16-14(9-29-31-16)6-17(18)30-22-21-15-5-4-13(24(33)32(3)10-20(25)26)7-19(15)35-23(21)28-11-27-22/h6,8-9,11-13,20H,4-5,7,10H2,1-3H3,(H,29,31)(H,27,28,30)/t13-/m0/s1. The number of hydrogen-bond donors (Lipinski definition) is 2. The number of nitrogens with one attached hydrogen (secondary N) is 2. The van der Waals surface area contributed by atoms with E-state index in [0.29, 0.717) is 30.8 Å². The summed E-state index contributed by atoms with van der Waals surface area (Å²) in [5.74, 6) is 0.809. The summed E-state index contributed by atoms with van der Waals surface area (Å²) in [5, 5.41) is 12.4. The molecule has 1 aromatic carbocycles. The van der Waals surface area contributed by atoms with E-state index in [1.165, 1.54) is 24.7 Å². The molecule has 1 aliphatic rings. The summed E-state index contributed by atoms with van der Waals surface area (Å²) < 4.78 is 31.5. The van der Waals surface area contributed by atoms with Crippen LogP contribution in [0.5, 0.6) is 5.75 Å². The second-order valence-electron chi connectivity index (χ2n) is 9.05. The highest BCUT2D eigenvalue weighted by molar-refractivity contribution is 7.19. The fraction of sp³-hybridized carbons (Fsp3) is 0.417. The summed E-state index contributed by atoms with van der Waals surface area (Å²) in [5.41, 5.74) is 2.76. The Morgan fingerprint density at radius 3 is 2.94 bits per heavy atom. The molecule has 184 valence electrons. The number of aryl methyl sites for hydroxylation is 1. The van der Waals surface area contributed by atoms with Gasteiger partial charge in [0.05, 0.1) is 35.4 Å². The average Bonchev–Trinajstić information content (AvgIpc) is 3.41. The topological polar surface area (TPSA) is 96.0 Å². The third-order valence-corrected chi connectivity index (χ3v) is 7.30. The molecule has 1 atom stereocenters. The molecule has 1 amide bonds. The maximum absolute atomic E-state index is 12.8. The number of carbonyl (C=O) groups excluding carboxylic acids is 1. The second kappa shape index (κ2) is 9.37. The average molecular weight is 501 g/mol. The molecule has 0 spiro atoms. The van der Waals surface area contributed by atoms with E-state index in [4.69, 9.17) is 4.74 Å². The van der Waals surface area contributed by atoms with Crippen LogP contribution in [0.3, 0.4) is 0 Å². The number of thiophene rings is 1. The number of aromatic amines is 1. The number of benzene rings is 1. The second-order valence-corrected chi connectivity index (χ2v) is 10.1. The Labute approximate surface area is 204 Å². The Morgan fingerprint density at radius 2 is 2.17 bits per heavy atom. The van der Waals surface area contributed by atoms with Gasteiger partial charge in [-0.05, 0) is 44.7 Å². The molecule has 0 fully saturated rings. The van der Waals surface area contributed by atoms with Crippen LogP contribution >= 0.6 is 11.3 Å². The van der Waals surface area contributed by atoms with Crippen molar-refractivity contribution in [2.45, 2.75) is 45.6 Å². The number of ether oxygens (including phenoxy) is 1. The van der Waals surface area contributed by atoms with Crippen molar-refractivity contribution >= 4 is 49.9 Å². The van der Waals surface area contributed by atoms with Crippen LogP contribution in [0.15, 0.2) is 24.7 Å². The minimum absolute atomic E-state index is 0.0204. The maximum atomic E-state index is 12.8. The molecule has 11 heteroatoms. The van der Waals surface area contributed by atoms with Gasteiger partial charge in [0.2, 0.25) is 5.91 Å². The van der Waals surface area contributed by atoms with Crippen LogP contribution in [0, 0.1) is 5.92 Å². The molecule has 3 aromatic heterocycles. The highest BCUT2D eigenvalue weighted by atomic mass is 32.1. The molecule has 0 aliphatic heterocycles. The van der Waals surface area contributed by atoms with Crippen LogP contribution in [-0.2, 0) is 17.6 Å². The van der Waals surface area contributed by atoms with E-state index in [9.17, 15) is 13.6 Å². The SMILES string of the molecule is CC(C)Oc1cc2[nH]ncc2cc1Nc1ncnc2sc3c(c12)CC[C@H](C(=O)N(C)CC(F)F)C3. The number of carbonyl (C=O) groups is 1. The number of fused-ring (bicyclic) bond motifs is 4. The number of alkyl halides is 2. The maximum Gasteiger partial charge on any atom is 0.255 e. The molecule has 0 saturated carbocycles. The van der Waals surface area contributed by atoms with Gasteiger partial charge in [-0.1, -0.05) is 0 Å². The highest BCUT2D eigenvalue weighted by Crippen LogP contribution is 2.42. The molecule has 0 unspecified atom stereocenters. The number of anilines is 2. The summed E-state index contributed by atoms with van der Waals surface area (Å²) in [4.78, 5) is 24.7. The molecule has 8 nitrogen and oxygen atoms in total. The molecule has 5 rings (SSSR count). The van der Waals surface area contributed by atoms with Gasteiger partial charge < -0.3 is 15.0 Å². The van der Waals surface area contributed by atoms with Gasteiger partial charge in [-0.3, -0.25) is 9.89 Å². The quantitative estimate of drug-likeness (QED) is 0.374. The predicted molar refractivity (Wildman–Crippen MR) is 132 cm³/mol. The van der Waals surface area contributed by atoms with Gasteiger partial charge in [-0.2, -0.15) is 5.10 Å². The zero-order chi connectivity index (χ0) is 24.7. The van der Waals surface area contributed by atoms with Crippen molar-refractivity contribution in [2.75, 3.05) is 18.9 Å². The Bertz CT molecular complexity index is 1390. The number of amides is 1. The van der Waals surface area contributed by atoms with Crippen LogP contribution in [-0.4, -0.2) is 57.1 Å². The number of H-pyrrole nitrogens is 1. The van der Waals surface area contributed by atoms with Gasteiger partial charge in [0.15, 0.2) is 0 Å².